The van der Waals surface area contributed by atoms with Crippen LogP contribution in [0.25, 0.3) is 0 Å². The van der Waals surface area contributed by atoms with E-state index < -0.39 is 17.9 Å². The fraction of sp³-hybridized carbons (Fsp3) is 0.161. The minimum Gasteiger partial charge on any atom is -0.466 e. The summed E-state index contributed by atoms with van der Waals surface area (Å²) in [6, 6.07) is 26.5. The molecule has 2 N–H and O–H groups in total. The summed E-state index contributed by atoms with van der Waals surface area (Å²) in [7, 11) is 2.37. The maximum absolute atomic E-state index is 13.6. The fourth-order valence-electron chi connectivity index (χ4n) is 4.77. The normalized spacial score (nSPS) is 14.8. The van der Waals surface area contributed by atoms with Crippen molar-refractivity contribution in [3.8, 4) is 6.07 Å². The van der Waals surface area contributed by atoms with Crippen LogP contribution in [0.2, 0.25) is 0 Å². The molecule has 0 aromatic heterocycles. The number of para-hydroxylation sites is 1. The van der Waals surface area contributed by atoms with Gasteiger partial charge >= 0.3 is 11.9 Å². The molecule has 0 bridgehead atoms. The van der Waals surface area contributed by atoms with Crippen molar-refractivity contribution in [3.63, 3.8) is 0 Å². The number of nitrogens with two attached hydrogens (primary N) is 1. The molecule has 1 heterocycles. The van der Waals surface area contributed by atoms with E-state index in [-0.39, 0.29) is 34.3 Å². The van der Waals surface area contributed by atoms with Crippen molar-refractivity contribution in [1.29, 1.82) is 5.26 Å². The first kappa shape index (κ1) is 27.7. The number of hydrogen-bond acceptors (Lipinski definition) is 8. The van der Waals surface area contributed by atoms with Crippen molar-refractivity contribution in [3.05, 3.63) is 119 Å². The van der Waals surface area contributed by atoms with Crippen molar-refractivity contribution < 1.29 is 23.9 Å². The van der Waals surface area contributed by atoms with Crippen LogP contribution in [-0.2, 0) is 19.1 Å². The number of nitrogens with zero attached hydrogens (tertiary/aromatic N) is 3. The highest BCUT2D eigenvalue weighted by molar-refractivity contribution is 6.08. The number of amides is 1. The Hall–Kier alpha value is -5.36. The lowest BCUT2D eigenvalue weighted by Crippen LogP contribution is -2.41. The van der Waals surface area contributed by atoms with Crippen molar-refractivity contribution in [2.75, 3.05) is 30.6 Å². The van der Waals surface area contributed by atoms with Crippen LogP contribution >= 0.6 is 0 Å². The van der Waals surface area contributed by atoms with Gasteiger partial charge in [-0.25, -0.2) is 9.59 Å². The Morgan fingerprint density at radius 2 is 1.55 bits per heavy atom. The molecule has 0 saturated heterocycles. The maximum atomic E-state index is 13.6. The highest BCUT2D eigenvalue weighted by Crippen LogP contribution is 2.43. The zero-order chi connectivity index (χ0) is 28.8. The highest BCUT2D eigenvalue weighted by atomic mass is 16.5. The molecular weight excluding hydrogens is 508 g/mol. The van der Waals surface area contributed by atoms with Gasteiger partial charge in [0.25, 0.3) is 5.91 Å². The molecule has 4 rings (SSSR count). The van der Waals surface area contributed by atoms with Gasteiger partial charge in [-0.2, -0.15) is 5.26 Å². The molecule has 1 unspecified atom stereocenters. The van der Waals surface area contributed by atoms with E-state index in [9.17, 15) is 19.6 Å². The molecule has 0 fully saturated rings. The van der Waals surface area contributed by atoms with Crippen LogP contribution in [0.3, 0.4) is 0 Å². The molecule has 0 saturated carbocycles. The van der Waals surface area contributed by atoms with Gasteiger partial charge in [0.2, 0.25) is 0 Å². The first-order valence-corrected chi connectivity index (χ1v) is 12.5. The summed E-state index contributed by atoms with van der Waals surface area (Å²) >= 11 is 0. The molecule has 3 aromatic carbocycles. The molecular formula is C31H28N4O5. The summed E-state index contributed by atoms with van der Waals surface area (Å²) in [5.74, 6) is -3.04. The predicted octanol–water partition coefficient (Wildman–Crippen LogP) is 4.25. The third kappa shape index (κ3) is 5.02. The van der Waals surface area contributed by atoms with Gasteiger partial charge in [0.05, 0.1) is 37.4 Å². The lowest BCUT2D eigenvalue weighted by atomic mass is 9.81. The van der Waals surface area contributed by atoms with Gasteiger partial charge in [-0.3, -0.25) is 9.69 Å². The second-order valence-electron chi connectivity index (χ2n) is 8.77. The van der Waals surface area contributed by atoms with Crippen LogP contribution in [-0.4, -0.2) is 38.6 Å². The van der Waals surface area contributed by atoms with Crippen LogP contribution in [0.5, 0.6) is 0 Å². The molecule has 1 aliphatic rings. The van der Waals surface area contributed by atoms with E-state index in [1.54, 1.807) is 59.5 Å². The summed E-state index contributed by atoms with van der Waals surface area (Å²) in [5.41, 5.74) is 8.18. The van der Waals surface area contributed by atoms with E-state index in [0.717, 1.165) is 5.69 Å². The lowest BCUT2D eigenvalue weighted by Gasteiger charge is -2.36. The number of ether oxygens (including phenoxy) is 2. The Balaban J connectivity index is 1.93. The van der Waals surface area contributed by atoms with Crippen LogP contribution in [0.15, 0.2) is 108 Å². The fourth-order valence-corrected chi connectivity index (χ4v) is 4.77. The minimum atomic E-state index is -0.984. The highest BCUT2D eigenvalue weighted by Gasteiger charge is 2.43. The summed E-state index contributed by atoms with van der Waals surface area (Å²) < 4.78 is 10.1. The molecule has 202 valence electrons. The van der Waals surface area contributed by atoms with E-state index in [2.05, 4.69) is 6.07 Å². The smallest absolute Gasteiger partial charge is 0.355 e. The maximum Gasteiger partial charge on any atom is 0.355 e. The summed E-state index contributed by atoms with van der Waals surface area (Å²) in [6.45, 7) is 2.28. The van der Waals surface area contributed by atoms with Gasteiger partial charge in [-0.15, -0.1) is 0 Å². The number of esters is 2. The topological polar surface area (TPSA) is 126 Å². The Morgan fingerprint density at radius 1 is 0.925 bits per heavy atom. The largest absolute Gasteiger partial charge is 0.466 e. The zero-order valence-corrected chi connectivity index (χ0v) is 22.3. The molecule has 9 heteroatoms. The number of rotatable bonds is 7. The number of methoxy groups -OCH3 is 2. The molecule has 1 atom stereocenters. The first-order valence-electron chi connectivity index (χ1n) is 12.5. The predicted molar refractivity (Wildman–Crippen MR) is 150 cm³/mol. The number of hydrogen-bond donors (Lipinski definition) is 1. The van der Waals surface area contributed by atoms with Gasteiger partial charge < -0.3 is 20.1 Å². The van der Waals surface area contributed by atoms with Gasteiger partial charge in [-0.05, 0) is 42.8 Å². The molecule has 40 heavy (non-hydrogen) atoms. The number of carbonyl (C=O) groups is 3. The number of anilines is 2. The van der Waals surface area contributed by atoms with Crippen molar-refractivity contribution in [2.45, 2.75) is 12.8 Å². The molecule has 1 amide bonds. The van der Waals surface area contributed by atoms with E-state index >= 15 is 0 Å². The number of allylic oxidation sites excluding steroid dienone is 1. The van der Waals surface area contributed by atoms with E-state index in [0.29, 0.717) is 17.7 Å². The quantitative estimate of drug-likeness (QED) is 0.444. The Bertz CT molecular complexity index is 1540. The van der Waals surface area contributed by atoms with Crippen LogP contribution in [0.1, 0.15) is 28.8 Å². The van der Waals surface area contributed by atoms with Crippen molar-refractivity contribution >= 4 is 29.2 Å². The van der Waals surface area contributed by atoms with E-state index in [1.165, 1.54) is 19.1 Å². The molecule has 0 aliphatic carbocycles. The monoisotopic (exact) mass is 536 g/mol. The summed E-state index contributed by atoms with van der Waals surface area (Å²) in [6.07, 6.45) is 0. The molecule has 9 nitrogen and oxygen atoms in total. The minimum absolute atomic E-state index is 0.0375. The Kier molecular flexibility index (Phi) is 8.30. The van der Waals surface area contributed by atoms with Crippen LogP contribution in [0, 0.1) is 11.3 Å². The van der Waals surface area contributed by atoms with Crippen molar-refractivity contribution in [2.24, 2.45) is 5.73 Å². The number of carbonyl (C=O) groups excluding carboxylic acids is 3. The van der Waals surface area contributed by atoms with Gasteiger partial charge in [0, 0.05) is 23.5 Å². The second-order valence-corrected chi connectivity index (χ2v) is 8.77. The van der Waals surface area contributed by atoms with Crippen molar-refractivity contribution in [1.82, 2.24) is 0 Å². The Labute approximate surface area is 232 Å². The van der Waals surface area contributed by atoms with Crippen LogP contribution in [0.4, 0.5) is 11.4 Å². The summed E-state index contributed by atoms with van der Waals surface area (Å²) in [5, 5.41) is 10.2. The van der Waals surface area contributed by atoms with Crippen LogP contribution < -0.4 is 15.5 Å². The van der Waals surface area contributed by atoms with Gasteiger partial charge in [-0.1, -0.05) is 54.6 Å². The Morgan fingerprint density at radius 3 is 2.12 bits per heavy atom. The average molecular weight is 537 g/mol. The first-order chi connectivity index (χ1) is 19.4. The number of nitriles is 1. The third-order valence-corrected chi connectivity index (χ3v) is 6.59. The van der Waals surface area contributed by atoms with E-state index in [4.69, 9.17) is 15.2 Å². The third-order valence-electron chi connectivity index (χ3n) is 6.59. The SMILES string of the molecule is CCN(C(=O)c1cccc(N2C(N)=C(C#N)C(c3ccccc3)C(C(=O)OC)=C2C(=O)OC)c1)c1ccccc1. The second kappa shape index (κ2) is 12.0. The molecule has 0 spiro atoms. The van der Waals surface area contributed by atoms with Gasteiger partial charge in [0.1, 0.15) is 11.5 Å². The average Bonchev–Trinajstić information content (AvgIpc) is 3.00. The van der Waals surface area contributed by atoms with Gasteiger partial charge in [0.15, 0.2) is 0 Å². The van der Waals surface area contributed by atoms with E-state index in [1.807, 2.05) is 37.3 Å². The summed E-state index contributed by atoms with van der Waals surface area (Å²) in [4.78, 5) is 43.0. The molecule has 0 radical (unpaired) electrons. The zero-order valence-electron chi connectivity index (χ0n) is 22.3. The lowest BCUT2D eigenvalue weighted by molar-refractivity contribution is -0.139. The standard InChI is InChI=1S/C31H28N4O5/c1-4-34(22-15-9-6-10-16-22)29(36)21-14-11-17-23(18-21)35-27(31(38)40-3)26(30(37)39-2)25(24(19-32)28(35)33)20-12-7-5-8-13-20/h5-18,25H,4,33H2,1-3H3. The molecule has 1 aliphatic heterocycles. The number of benzene rings is 3. The molecule has 3 aromatic rings.